The molecule has 3 atom stereocenters. The van der Waals surface area contributed by atoms with Crippen molar-refractivity contribution >= 4 is 23.2 Å². The molecular weight excluding hydrogens is 296 g/mol. The van der Waals surface area contributed by atoms with Gasteiger partial charge in [0, 0.05) is 6.42 Å². The SMILES string of the molecule is C=CC[S+]([O-])c1ccc(/C=C(\C)C2NNC(=O)CC2C)cc1. The summed E-state index contributed by atoms with van der Waals surface area (Å²) in [4.78, 5) is 12.1. The smallest absolute Gasteiger partial charge is 0.234 e. The van der Waals surface area contributed by atoms with Crippen LogP contribution in [0.5, 0.6) is 0 Å². The van der Waals surface area contributed by atoms with Crippen LogP contribution in [-0.2, 0) is 16.0 Å². The van der Waals surface area contributed by atoms with E-state index < -0.39 is 11.2 Å². The summed E-state index contributed by atoms with van der Waals surface area (Å²) < 4.78 is 11.9. The van der Waals surface area contributed by atoms with Crippen LogP contribution in [0.25, 0.3) is 6.08 Å². The Labute approximate surface area is 134 Å². The lowest BCUT2D eigenvalue weighted by Crippen LogP contribution is -2.53. The minimum absolute atomic E-state index is 0.0330. The average Bonchev–Trinajstić information content (AvgIpc) is 2.48. The average molecular weight is 318 g/mol. The first-order valence-electron chi connectivity index (χ1n) is 7.33. The van der Waals surface area contributed by atoms with E-state index in [1.807, 2.05) is 24.3 Å². The van der Waals surface area contributed by atoms with Gasteiger partial charge in [0.2, 0.25) is 5.91 Å². The lowest BCUT2D eigenvalue weighted by Gasteiger charge is -2.30. The van der Waals surface area contributed by atoms with Gasteiger partial charge in [-0.15, -0.1) is 0 Å². The van der Waals surface area contributed by atoms with Gasteiger partial charge in [-0.3, -0.25) is 10.2 Å². The molecule has 1 aliphatic rings. The summed E-state index contributed by atoms with van der Waals surface area (Å²) in [6.45, 7) is 7.72. The molecule has 1 aromatic rings. The molecule has 5 heteroatoms. The topological polar surface area (TPSA) is 64.2 Å². The van der Waals surface area contributed by atoms with Crippen LogP contribution in [0.4, 0.5) is 0 Å². The van der Waals surface area contributed by atoms with Crippen LogP contribution in [0.2, 0.25) is 0 Å². The van der Waals surface area contributed by atoms with E-state index in [-0.39, 0.29) is 17.9 Å². The molecule has 0 bridgehead atoms. The lowest BCUT2D eigenvalue weighted by atomic mass is 9.90. The van der Waals surface area contributed by atoms with Gasteiger partial charge in [-0.05, 0) is 59.9 Å². The number of rotatable bonds is 5. The number of hydrogen-bond donors (Lipinski definition) is 2. The first-order valence-corrected chi connectivity index (χ1v) is 8.65. The minimum atomic E-state index is -1.02. The predicted octanol–water partition coefficient (Wildman–Crippen LogP) is 2.41. The van der Waals surface area contributed by atoms with E-state index in [2.05, 4.69) is 37.4 Å². The summed E-state index contributed by atoms with van der Waals surface area (Å²) in [5.74, 6) is 0.757. The quantitative estimate of drug-likeness (QED) is 0.647. The molecule has 118 valence electrons. The number of hydrogen-bond acceptors (Lipinski definition) is 3. The Morgan fingerprint density at radius 3 is 2.73 bits per heavy atom. The van der Waals surface area contributed by atoms with Gasteiger partial charge in [-0.1, -0.05) is 25.2 Å². The largest absolute Gasteiger partial charge is 0.611 e. The maximum absolute atomic E-state index is 11.9. The molecule has 0 spiro atoms. The van der Waals surface area contributed by atoms with Crippen molar-refractivity contribution in [2.45, 2.75) is 31.2 Å². The number of benzene rings is 1. The summed E-state index contributed by atoms with van der Waals surface area (Å²) in [6, 6.07) is 7.83. The highest BCUT2D eigenvalue weighted by Gasteiger charge is 2.26. The van der Waals surface area contributed by atoms with Crippen molar-refractivity contribution in [3.05, 3.63) is 48.1 Å². The number of carbonyl (C=O) groups excluding carboxylic acids is 1. The van der Waals surface area contributed by atoms with Crippen molar-refractivity contribution in [2.24, 2.45) is 5.92 Å². The third kappa shape index (κ3) is 4.22. The fourth-order valence-electron chi connectivity index (χ4n) is 2.60. The van der Waals surface area contributed by atoms with E-state index in [0.29, 0.717) is 12.2 Å². The van der Waals surface area contributed by atoms with E-state index in [1.165, 1.54) is 0 Å². The van der Waals surface area contributed by atoms with Gasteiger partial charge in [0.15, 0.2) is 4.90 Å². The number of carbonyl (C=O) groups is 1. The second-order valence-corrected chi connectivity index (χ2v) is 7.11. The van der Waals surface area contributed by atoms with E-state index in [1.54, 1.807) is 6.08 Å². The fourth-order valence-corrected chi connectivity index (χ4v) is 3.44. The van der Waals surface area contributed by atoms with Gasteiger partial charge >= 0.3 is 0 Å². The molecule has 0 aliphatic carbocycles. The highest BCUT2D eigenvalue weighted by Crippen LogP contribution is 2.21. The molecule has 0 saturated carbocycles. The van der Waals surface area contributed by atoms with Crippen LogP contribution in [-0.4, -0.2) is 22.3 Å². The first-order chi connectivity index (χ1) is 10.5. The Kier molecular flexibility index (Phi) is 5.83. The molecule has 2 rings (SSSR count). The van der Waals surface area contributed by atoms with Gasteiger partial charge in [0.05, 0.1) is 6.04 Å². The molecule has 3 unspecified atom stereocenters. The zero-order valence-electron chi connectivity index (χ0n) is 13.0. The van der Waals surface area contributed by atoms with E-state index >= 15 is 0 Å². The molecule has 1 aromatic carbocycles. The maximum Gasteiger partial charge on any atom is 0.234 e. The molecule has 4 nitrogen and oxygen atoms in total. The zero-order chi connectivity index (χ0) is 16.1. The number of nitrogens with one attached hydrogen (secondary N) is 2. The van der Waals surface area contributed by atoms with Crippen LogP contribution in [0.1, 0.15) is 25.8 Å². The van der Waals surface area contributed by atoms with Crippen LogP contribution in [0.15, 0.2) is 47.4 Å². The third-order valence-corrected chi connectivity index (χ3v) is 5.08. The first kappa shape index (κ1) is 16.8. The summed E-state index contributed by atoms with van der Waals surface area (Å²) in [5, 5.41) is 0. The molecular formula is C17H22N2O2S. The standard InChI is InChI=1S/C17H22N2O2S/c1-4-9-22(21)15-7-5-14(6-8-15)10-12(2)17-13(3)11-16(20)18-19-17/h4-8,10,13,17,19H,1,9,11H2,2-3H3,(H,18,20)/b12-10+. The van der Waals surface area contributed by atoms with E-state index in [0.717, 1.165) is 16.0 Å². The zero-order valence-corrected chi connectivity index (χ0v) is 13.8. The Hall–Kier alpha value is -1.56. The summed E-state index contributed by atoms with van der Waals surface area (Å²) in [7, 11) is 0. The monoisotopic (exact) mass is 318 g/mol. The summed E-state index contributed by atoms with van der Waals surface area (Å²) in [5.41, 5.74) is 7.96. The lowest BCUT2D eigenvalue weighted by molar-refractivity contribution is -0.125. The Balaban J connectivity index is 2.08. The van der Waals surface area contributed by atoms with Crippen LogP contribution in [0, 0.1) is 5.92 Å². The van der Waals surface area contributed by atoms with Crippen molar-refractivity contribution in [1.82, 2.24) is 10.9 Å². The maximum atomic E-state index is 11.9. The molecule has 1 amide bonds. The molecule has 1 aliphatic heterocycles. The number of amides is 1. The third-order valence-electron chi connectivity index (χ3n) is 3.74. The second kappa shape index (κ2) is 7.63. The van der Waals surface area contributed by atoms with Gasteiger partial charge in [-0.2, -0.15) is 0 Å². The molecule has 0 radical (unpaired) electrons. The highest BCUT2D eigenvalue weighted by atomic mass is 32.2. The summed E-state index contributed by atoms with van der Waals surface area (Å²) in [6.07, 6.45) is 4.28. The molecule has 22 heavy (non-hydrogen) atoms. The molecule has 1 fully saturated rings. The van der Waals surface area contributed by atoms with Crippen LogP contribution in [0.3, 0.4) is 0 Å². The van der Waals surface area contributed by atoms with Crippen LogP contribution < -0.4 is 10.9 Å². The van der Waals surface area contributed by atoms with Crippen molar-refractivity contribution in [3.8, 4) is 0 Å². The Bertz CT molecular complexity index is 569. The van der Waals surface area contributed by atoms with E-state index in [9.17, 15) is 9.35 Å². The Morgan fingerprint density at radius 2 is 2.14 bits per heavy atom. The molecule has 1 heterocycles. The van der Waals surface area contributed by atoms with Gasteiger partial charge in [0.25, 0.3) is 0 Å². The van der Waals surface area contributed by atoms with Gasteiger partial charge < -0.3 is 4.55 Å². The molecule has 0 aromatic heterocycles. The van der Waals surface area contributed by atoms with Gasteiger partial charge in [-0.25, -0.2) is 5.43 Å². The minimum Gasteiger partial charge on any atom is -0.611 e. The molecule has 2 N–H and O–H groups in total. The van der Waals surface area contributed by atoms with Gasteiger partial charge in [0.1, 0.15) is 5.75 Å². The van der Waals surface area contributed by atoms with E-state index in [4.69, 9.17) is 0 Å². The highest BCUT2D eigenvalue weighted by molar-refractivity contribution is 7.91. The van der Waals surface area contributed by atoms with Crippen LogP contribution >= 0.6 is 0 Å². The fraction of sp³-hybridized carbons (Fsp3) is 0.353. The van der Waals surface area contributed by atoms with Crippen molar-refractivity contribution in [3.63, 3.8) is 0 Å². The number of hydrazine groups is 1. The summed E-state index contributed by atoms with van der Waals surface area (Å²) >= 11 is -1.02. The van der Waals surface area contributed by atoms with Crippen molar-refractivity contribution < 1.29 is 9.35 Å². The molecule has 1 saturated heterocycles. The second-order valence-electron chi connectivity index (χ2n) is 5.61. The van der Waals surface area contributed by atoms with Crippen molar-refractivity contribution in [2.75, 3.05) is 5.75 Å². The van der Waals surface area contributed by atoms with Crippen molar-refractivity contribution in [1.29, 1.82) is 0 Å². The normalized spacial score (nSPS) is 23.8. The Morgan fingerprint density at radius 1 is 1.45 bits per heavy atom. The predicted molar refractivity (Wildman–Crippen MR) is 90.4 cm³/mol.